The number of rotatable bonds is 3. The van der Waals surface area contributed by atoms with Crippen molar-refractivity contribution in [2.75, 3.05) is 11.4 Å². The Morgan fingerprint density at radius 2 is 1.51 bits per heavy atom. The lowest BCUT2D eigenvalue weighted by Crippen LogP contribution is -2.60. The number of nitrogens with zero attached hydrogens (tertiary/aromatic N) is 1. The summed E-state index contributed by atoms with van der Waals surface area (Å²) in [4.78, 5) is 2.46. The highest BCUT2D eigenvalue weighted by molar-refractivity contribution is 5.77. The molecule has 0 amide bonds. The minimum absolute atomic E-state index is 0.172. The molecule has 5 nitrogen and oxygen atoms in total. The van der Waals surface area contributed by atoms with E-state index in [0.29, 0.717) is 17.8 Å². The summed E-state index contributed by atoms with van der Waals surface area (Å²) in [7, 11) is 0. The number of hydrogen-bond donors (Lipinski definition) is 1. The number of ether oxygens (including phenoxy) is 3. The van der Waals surface area contributed by atoms with Crippen molar-refractivity contribution in [1.29, 1.82) is 0 Å². The van der Waals surface area contributed by atoms with Gasteiger partial charge in [0.1, 0.15) is 23.1 Å². The second-order valence-corrected chi connectivity index (χ2v) is 16.4. The van der Waals surface area contributed by atoms with Crippen LogP contribution in [0, 0.1) is 23.7 Å². The van der Waals surface area contributed by atoms with Crippen LogP contribution in [0.3, 0.4) is 0 Å². The van der Waals surface area contributed by atoms with Gasteiger partial charge in [-0.05, 0) is 91.7 Å². The van der Waals surface area contributed by atoms with E-state index >= 15 is 0 Å². The van der Waals surface area contributed by atoms with Crippen molar-refractivity contribution in [3.8, 4) is 28.4 Å². The molecule has 4 aliphatic carbocycles. The zero-order valence-electron chi connectivity index (χ0n) is 30.3. The molecule has 8 aliphatic rings. The van der Waals surface area contributed by atoms with Gasteiger partial charge in [-0.3, -0.25) is 0 Å². The molecule has 2 fully saturated rings. The molecule has 0 radical (unpaired) electrons. The van der Waals surface area contributed by atoms with Crippen molar-refractivity contribution >= 4 is 5.69 Å². The predicted molar refractivity (Wildman–Crippen MR) is 211 cm³/mol. The maximum Gasteiger partial charge on any atom is 0.151 e. The number of nitrogens with one attached hydrogen (secondary N) is 1. The largest absolute Gasteiger partial charge is 0.457 e. The van der Waals surface area contributed by atoms with Gasteiger partial charge in [0, 0.05) is 35.4 Å². The third-order valence-corrected chi connectivity index (χ3v) is 13.6. The van der Waals surface area contributed by atoms with Crippen molar-refractivity contribution < 1.29 is 14.2 Å². The van der Waals surface area contributed by atoms with Crippen molar-refractivity contribution in [3.05, 3.63) is 144 Å². The van der Waals surface area contributed by atoms with Gasteiger partial charge in [-0.25, -0.2) is 0 Å². The van der Waals surface area contributed by atoms with Crippen LogP contribution in [0.25, 0.3) is 11.1 Å². The van der Waals surface area contributed by atoms with Crippen LogP contribution in [0.1, 0.15) is 68.9 Å². The highest BCUT2D eigenvalue weighted by Gasteiger charge is 2.61. The molecule has 3 aromatic rings. The second kappa shape index (κ2) is 12.7. The average Bonchev–Trinajstić information content (AvgIpc) is 3.22. The van der Waals surface area contributed by atoms with Gasteiger partial charge < -0.3 is 24.4 Å². The van der Waals surface area contributed by atoms with Crippen molar-refractivity contribution in [3.63, 3.8) is 0 Å². The summed E-state index contributed by atoms with van der Waals surface area (Å²) in [6.45, 7) is 0.972. The Kier molecular flexibility index (Phi) is 7.61. The molecule has 268 valence electrons. The molecule has 4 heterocycles. The third-order valence-electron chi connectivity index (χ3n) is 13.6. The predicted octanol–water partition coefficient (Wildman–Crippen LogP) is 10.7. The van der Waals surface area contributed by atoms with Crippen LogP contribution in [0.4, 0.5) is 5.69 Å². The molecule has 4 aliphatic heterocycles. The Morgan fingerprint density at radius 3 is 2.40 bits per heavy atom. The molecule has 0 bridgehead atoms. The zero-order chi connectivity index (χ0) is 34.9. The SMILES string of the molecule is C1=CCC(C2C=CC3C(C2)OC2CCCCC2C32c3ccccc3Oc3cc(-c4ccc5c(c4)OC4=C(NCCC4)N5C4C=CC=CC4)ccc32)C=C1. The van der Waals surface area contributed by atoms with Gasteiger partial charge in [0.05, 0.1) is 23.9 Å². The normalized spacial score (nSPS) is 33.1. The molecule has 3 aromatic carbocycles. The maximum absolute atomic E-state index is 7.24. The van der Waals surface area contributed by atoms with Crippen molar-refractivity contribution in [2.45, 2.75) is 81.5 Å². The summed E-state index contributed by atoms with van der Waals surface area (Å²) in [6, 6.07) is 23.0. The lowest BCUT2D eigenvalue weighted by molar-refractivity contribution is -0.160. The average molecular weight is 701 g/mol. The van der Waals surface area contributed by atoms with Gasteiger partial charge >= 0.3 is 0 Å². The van der Waals surface area contributed by atoms with E-state index in [9.17, 15) is 0 Å². The van der Waals surface area contributed by atoms with Crippen molar-refractivity contribution in [2.24, 2.45) is 23.7 Å². The summed E-state index contributed by atoms with van der Waals surface area (Å²) in [5.41, 5.74) is 5.88. The summed E-state index contributed by atoms with van der Waals surface area (Å²) < 4.78 is 20.9. The smallest absolute Gasteiger partial charge is 0.151 e. The van der Waals surface area contributed by atoms with Crippen LogP contribution >= 0.6 is 0 Å². The summed E-state index contributed by atoms with van der Waals surface area (Å²) >= 11 is 0. The second-order valence-electron chi connectivity index (χ2n) is 16.4. The molecule has 8 atom stereocenters. The topological polar surface area (TPSA) is 43.0 Å². The van der Waals surface area contributed by atoms with Crippen LogP contribution in [0.2, 0.25) is 0 Å². The number of allylic oxidation sites excluding steroid dienone is 8. The molecule has 8 unspecified atom stereocenters. The van der Waals surface area contributed by atoms with E-state index in [1.54, 1.807) is 0 Å². The number of benzene rings is 3. The molecule has 1 N–H and O–H groups in total. The minimum atomic E-state index is -0.210. The van der Waals surface area contributed by atoms with Gasteiger partial charge in [0.2, 0.25) is 0 Å². The molecule has 11 rings (SSSR count). The fraction of sp³-hybridized carbons (Fsp3) is 0.375. The molecule has 1 spiro atoms. The van der Waals surface area contributed by atoms with E-state index in [0.717, 1.165) is 90.7 Å². The first-order valence-corrected chi connectivity index (χ1v) is 20.3. The highest BCUT2D eigenvalue weighted by Crippen LogP contribution is 2.64. The Balaban J connectivity index is 1.02. The molecule has 1 saturated carbocycles. The van der Waals surface area contributed by atoms with Gasteiger partial charge in [0.15, 0.2) is 5.75 Å². The van der Waals surface area contributed by atoms with E-state index < -0.39 is 0 Å². The summed E-state index contributed by atoms with van der Waals surface area (Å²) in [6.07, 6.45) is 33.6. The maximum atomic E-state index is 7.24. The van der Waals surface area contributed by atoms with E-state index in [2.05, 4.69) is 132 Å². The van der Waals surface area contributed by atoms with Crippen LogP contribution in [0.5, 0.6) is 17.2 Å². The van der Waals surface area contributed by atoms with E-state index in [1.807, 2.05) is 0 Å². The van der Waals surface area contributed by atoms with E-state index in [-0.39, 0.29) is 29.6 Å². The zero-order valence-corrected chi connectivity index (χ0v) is 30.3. The molecule has 53 heavy (non-hydrogen) atoms. The quantitative estimate of drug-likeness (QED) is 0.276. The van der Waals surface area contributed by atoms with Gasteiger partial charge in [-0.1, -0.05) is 110 Å². The van der Waals surface area contributed by atoms with Gasteiger partial charge in [-0.15, -0.1) is 0 Å². The molecule has 1 saturated heterocycles. The molecule has 5 heteroatoms. The Hall–Kier alpha value is -4.74. The number of fused-ring (bicyclic) bond motifs is 9. The minimum Gasteiger partial charge on any atom is -0.457 e. The van der Waals surface area contributed by atoms with E-state index in [1.165, 1.54) is 30.4 Å². The fourth-order valence-electron chi connectivity index (χ4n) is 11.3. The lowest BCUT2D eigenvalue weighted by Gasteiger charge is -2.60. The van der Waals surface area contributed by atoms with Crippen LogP contribution in [-0.2, 0) is 10.2 Å². The fourth-order valence-corrected chi connectivity index (χ4v) is 11.3. The van der Waals surface area contributed by atoms with Crippen LogP contribution in [0.15, 0.2) is 133 Å². The Labute approximate surface area is 313 Å². The standard InChI is InChI=1S/C48H48N2O3/c1-3-12-31(13-4-1)32-21-24-38-44(28-32)51-41-18-9-7-16-36(41)48(38)37-17-8-10-19-42(37)52-45-29-33(22-25-39(45)48)34-23-26-40-46(30-34)53-43-20-11-27-49-47(43)50(40)35-14-5-2-6-15-35/h1-6,8,10,12,14,17,19,21-26,29-32,35-36,38,41,44,49H,7,9,11,13,15-16,18,20,27-28H2. The Bertz CT molecular complexity index is 2140. The van der Waals surface area contributed by atoms with Crippen LogP contribution < -0.4 is 19.7 Å². The van der Waals surface area contributed by atoms with E-state index in [4.69, 9.17) is 14.2 Å². The molecular formula is C48H48N2O3. The van der Waals surface area contributed by atoms with Crippen molar-refractivity contribution in [1.82, 2.24) is 5.32 Å². The highest BCUT2D eigenvalue weighted by atomic mass is 16.5. The number of hydrogen-bond acceptors (Lipinski definition) is 5. The first-order chi connectivity index (χ1) is 26.3. The molecule has 0 aromatic heterocycles. The number of para-hydroxylation sites is 1. The van der Waals surface area contributed by atoms with Gasteiger partial charge in [-0.2, -0.15) is 0 Å². The lowest BCUT2D eigenvalue weighted by atomic mass is 9.50. The third kappa shape index (κ3) is 4.99. The molecular weight excluding hydrogens is 653 g/mol. The first-order valence-electron chi connectivity index (χ1n) is 20.3. The Morgan fingerprint density at radius 1 is 0.679 bits per heavy atom. The summed E-state index contributed by atoms with van der Waals surface area (Å²) in [5, 5.41) is 3.67. The monoisotopic (exact) mass is 700 g/mol. The van der Waals surface area contributed by atoms with Crippen LogP contribution in [-0.4, -0.2) is 24.8 Å². The van der Waals surface area contributed by atoms with Gasteiger partial charge in [0.25, 0.3) is 0 Å². The first kappa shape index (κ1) is 31.8. The number of anilines is 1. The summed E-state index contributed by atoms with van der Waals surface area (Å²) in [5.74, 6) is 6.76.